The Balaban J connectivity index is 1.81. The van der Waals surface area contributed by atoms with Crippen LogP contribution < -0.4 is 9.47 Å². The molecule has 3 rings (SSSR count). The lowest BCUT2D eigenvalue weighted by molar-refractivity contribution is 0.101. The summed E-state index contributed by atoms with van der Waals surface area (Å²) in [5, 5.41) is 0. The van der Waals surface area contributed by atoms with Crippen molar-refractivity contribution in [1.29, 1.82) is 0 Å². The molecule has 0 spiro atoms. The Hall–Kier alpha value is -3.15. The molecule has 0 N–H and O–H groups in total. The Morgan fingerprint density at radius 3 is 2.65 bits per heavy atom. The minimum atomic E-state index is -0.463. The van der Waals surface area contributed by atoms with E-state index in [-0.39, 0.29) is 11.5 Å². The molecular weight excluding hydrogens is 337 g/mol. The van der Waals surface area contributed by atoms with Crippen LogP contribution >= 0.6 is 0 Å². The zero-order valence-corrected chi connectivity index (χ0v) is 14.5. The molecule has 0 saturated heterocycles. The first-order valence-corrected chi connectivity index (χ1v) is 8.32. The van der Waals surface area contributed by atoms with Crippen molar-refractivity contribution in [2.45, 2.75) is 13.8 Å². The first-order chi connectivity index (χ1) is 12.5. The van der Waals surface area contributed by atoms with E-state index in [2.05, 4.69) is 0 Å². The van der Waals surface area contributed by atoms with E-state index in [1.807, 2.05) is 13.8 Å². The van der Waals surface area contributed by atoms with Crippen LogP contribution in [0.1, 0.15) is 29.8 Å². The van der Waals surface area contributed by atoms with Gasteiger partial charge in [-0.15, -0.1) is 0 Å². The summed E-state index contributed by atoms with van der Waals surface area (Å²) in [6.45, 7) is 4.79. The number of carbonyl (C=O) groups is 2. The van der Waals surface area contributed by atoms with Crippen LogP contribution in [-0.2, 0) is 0 Å². The first kappa shape index (κ1) is 17.7. The SMILES string of the molecule is CCN(CC)C(=O)Oc1ccc2c(c1)O/C(=C/c1cccc(F)c1)C2=O. The van der Waals surface area contributed by atoms with Crippen molar-refractivity contribution in [2.24, 2.45) is 0 Å². The Bertz CT molecular complexity index is 887. The molecular formula is C20H18FNO4. The van der Waals surface area contributed by atoms with Crippen LogP contribution in [0.3, 0.4) is 0 Å². The van der Waals surface area contributed by atoms with Gasteiger partial charge in [0.25, 0.3) is 0 Å². The topological polar surface area (TPSA) is 55.8 Å². The van der Waals surface area contributed by atoms with Crippen molar-refractivity contribution in [3.63, 3.8) is 0 Å². The number of hydrogen-bond acceptors (Lipinski definition) is 4. The molecule has 0 unspecified atom stereocenters. The van der Waals surface area contributed by atoms with Gasteiger partial charge in [-0.3, -0.25) is 4.79 Å². The number of allylic oxidation sites excluding steroid dienone is 1. The molecule has 5 nitrogen and oxygen atoms in total. The fraction of sp³-hybridized carbons (Fsp3) is 0.200. The average Bonchev–Trinajstić information content (AvgIpc) is 2.91. The van der Waals surface area contributed by atoms with Crippen molar-refractivity contribution in [1.82, 2.24) is 4.90 Å². The summed E-state index contributed by atoms with van der Waals surface area (Å²) in [6, 6.07) is 10.5. The van der Waals surface area contributed by atoms with Crippen LogP contribution in [0.5, 0.6) is 11.5 Å². The van der Waals surface area contributed by atoms with Crippen LogP contribution in [-0.4, -0.2) is 29.9 Å². The molecule has 0 aliphatic carbocycles. The number of Topliss-reactive ketones (excluding diaryl/α,β-unsaturated/α-hetero) is 1. The standard InChI is InChI=1S/C20H18FNO4/c1-3-22(4-2)20(24)25-15-8-9-16-17(12-15)26-18(19(16)23)11-13-6-5-7-14(21)10-13/h5-12H,3-4H2,1-2H3/b18-11+. The fourth-order valence-corrected chi connectivity index (χ4v) is 2.63. The molecule has 134 valence electrons. The highest BCUT2D eigenvalue weighted by molar-refractivity contribution is 6.14. The number of benzene rings is 2. The summed E-state index contributed by atoms with van der Waals surface area (Å²) in [7, 11) is 0. The maximum Gasteiger partial charge on any atom is 0.415 e. The second-order valence-electron chi connectivity index (χ2n) is 5.69. The Morgan fingerprint density at radius 1 is 1.19 bits per heavy atom. The summed E-state index contributed by atoms with van der Waals surface area (Å²) in [5.74, 6) is -0.000401. The van der Waals surface area contributed by atoms with Gasteiger partial charge in [-0.1, -0.05) is 12.1 Å². The number of fused-ring (bicyclic) bond motifs is 1. The monoisotopic (exact) mass is 355 g/mol. The largest absolute Gasteiger partial charge is 0.452 e. The summed E-state index contributed by atoms with van der Waals surface area (Å²) in [4.78, 5) is 26.0. The quantitative estimate of drug-likeness (QED) is 0.768. The van der Waals surface area contributed by atoms with Crippen molar-refractivity contribution in [2.75, 3.05) is 13.1 Å². The maximum atomic E-state index is 13.3. The van der Waals surface area contributed by atoms with Crippen molar-refractivity contribution in [3.05, 3.63) is 65.2 Å². The average molecular weight is 355 g/mol. The van der Waals surface area contributed by atoms with Gasteiger partial charge in [0.2, 0.25) is 5.78 Å². The van der Waals surface area contributed by atoms with Gasteiger partial charge in [0.15, 0.2) is 5.76 Å². The third-order valence-corrected chi connectivity index (χ3v) is 4.01. The third kappa shape index (κ3) is 3.59. The smallest absolute Gasteiger partial charge is 0.415 e. The molecule has 0 saturated carbocycles. The molecule has 26 heavy (non-hydrogen) atoms. The molecule has 6 heteroatoms. The maximum absolute atomic E-state index is 13.3. The highest BCUT2D eigenvalue weighted by atomic mass is 19.1. The third-order valence-electron chi connectivity index (χ3n) is 4.01. The second-order valence-corrected chi connectivity index (χ2v) is 5.69. The predicted octanol–water partition coefficient (Wildman–Crippen LogP) is 4.28. The van der Waals surface area contributed by atoms with Gasteiger partial charge in [-0.25, -0.2) is 9.18 Å². The summed E-state index contributed by atoms with van der Waals surface area (Å²) < 4.78 is 24.2. The molecule has 1 heterocycles. The van der Waals surface area contributed by atoms with Gasteiger partial charge in [0.05, 0.1) is 5.56 Å². The zero-order chi connectivity index (χ0) is 18.7. The van der Waals surface area contributed by atoms with E-state index in [0.717, 1.165) is 0 Å². The van der Waals surface area contributed by atoms with E-state index in [9.17, 15) is 14.0 Å². The molecule has 0 bridgehead atoms. The van der Waals surface area contributed by atoms with Crippen LogP contribution in [0.4, 0.5) is 9.18 Å². The zero-order valence-electron chi connectivity index (χ0n) is 14.5. The Morgan fingerprint density at radius 2 is 1.96 bits per heavy atom. The molecule has 1 amide bonds. The number of carbonyl (C=O) groups excluding carboxylic acids is 2. The van der Waals surface area contributed by atoms with Crippen LogP contribution in [0.2, 0.25) is 0 Å². The van der Waals surface area contributed by atoms with E-state index in [4.69, 9.17) is 9.47 Å². The van der Waals surface area contributed by atoms with E-state index in [1.165, 1.54) is 29.2 Å². The number of ether oxygens (including phenoxy) is 2. The van der Waals surface area contributed by atoms with Gasteiger partial charge in [-0.2, -0.15) is 0 Å². The lowest BCUT2D eigenvalue weighted by Crippen LogP contribution is -2.33. The number of halogens is 1. The minimum Gasteiger partial charge on any atom is -0.452 e. The van der Waals surface area contributed by atoms with E-state index in [0.29, 0.717) is 35.7 Å². The normalized spacial score (nSPS) is 14.1. The molecule has 0 atom stereocenters. The lowest BCUT2D eigenvalue weighted by Gasteiger charge is -2.17. The number of ketones is 1. The molecule has 0 fully saturated rings. The molecule has 1 aliphatic rings. The van der Waals surface area contributed by atoms with Crippen LogP contribution in [0.25, 0.3) is 6.08 Å². The first-order valence-electron chi connectivity index (χ1n) is 8.32. The second kappa shape index (κ2) is 7.39. The minimum absolute atomic E-state index is 0.0952. The highest BCUT2D eigenvalue weighted by Crippen LogP contribution is 2.35. The van der Waals surface area contributed by atoms with Crippen LogP contribution in [0, 0.1) is 5.82 Å². The molecule has 1 aliphatic heterocycles. The van der Waals surface area contributed by atoms with Crippen molar-refractivity contribution in [3.8, 4) is 11.5 Å². The predicted molar refractivity (Wildman–Crippen MR) is 94.7 cm³/mol. The Kier molecular flexibility index (Phi) is 5.02. The van der Waals surface area contributed by atoms with Gasteiger partial charge in [0, 0.05) is 19.2 Å². The van der Waals surface area contributed by atoms with E-state index in [1.54, 1.807) is 24.3 Å². The van der Waals surface area contributed by atoms with Gasteiger partial charge in [-0.05, 0) is 49.8 Å². The highest BCUT2D eigenvalue weighted by Gasteiger charge is 2.28. The molecule has 0 aromatic heterocycles. The van der Waals surface area contributed by atoms with Gasteiger partial charge in [0.1, 0.15) is 17.3 Å². The molecule has 0 radical (unpaired) electrons. The summed E-state index contributed by atoms with van der Waals surface area (Å²) >= 11 is 0. The number of rotatable bonds is 4. The number of hydrogen-bond donors (Lipinski definition) is 0. The fourth-order valence-electron chi connectivity index (χ4n) is 2.63. The summed E-state index contributed by atoms with van der Waals surface area (Å²) in [6.07, 6.45) is 1.02. The number of amides is 1. The van der Waals surface area contributed by atoms with E-state index >= 15 is 0 Å². The summed E-state index contributed by atoms with van der Waals surface area (Å²) in [5.41, 5.74) is 0.893. The van der Waals surface area contributed by atoms with Gasteiger partial charge >= 0.3 is 6.09 Å². The Labute approximate surface area is 150 Å². The lowest BCUT2D eigenvalue weighted by atomic mass is 10.1. The van der Waals surface area contributed by atoms with Crippen LogP contribution in [0.15, 0.2) is 48.2 Å². The molecule has 2 aromatic carbocycles. The number of nitrogens with zero attached hydrogens (tertiary/aromatic N) is 1. The van der Waals surface area contributed by atoms with Gasteiger partial charge < -0.3 is 14.4 Å². The molecule has 2 aromatic rings. The van der Waals surface area contributed by atoms with E-state index < -0.39 is 11.9 Å². The van der Waals surface area contributed by atoms with Crippen molar-refractivity contribution < 1.29 is 23.5 Å². The van der Waals surface area contributed by atoms with Crippen molar-refractivity contribution >= 4 is 18.0 Å².